The summed E-state index contributed by atoms with van der Waals surface area (Å²) in [5.41, 5.74) is 8.26. The van der Waals surface area contributed by atoms with Gasteiger partial charge in [0.1, 0.15) is 0 Å². The van der Waals surface area contributed by atoms with Gasteiger partial charge in [0.15, 0.2) is 0 Å². The largest absolute Gasteiger partial charge is 0.478 e. The van der Waals surface area contributed by atoms with Crippen LogP contribution in [-0.4, -0.2) is 23.2 Å². The normalized spacial score (nSPS) is 23.7. The molecule has 0 aliphatic heterocycles. The Balaban J connectivity index is 2.12. The summed E-state index contributed by atoms with van der Waals surface area (Å²) in [5.74, 6) is -0.890. The van der Waals surface area contributed by atoms with Crippen molar-refractivity contribution in [3.63, 3.8) is 0 Å². The van der Waals surface area contributed by atoms with Crippen LogP contribution in [0.5, 0.6) is 0 Å². The zero-order valence-electron chi connectivity index (χ0n) is 10.6. The molecule has 4 nitrogen and oxygen atoms in total. The van der Waals surface area contributed by atoms with Crippen molar-refractivity contribution >= 4 is 11.7 Å². The van der Waals surface area contributed by atoms with Crippen LogP contribution in [0.2, 0.25) is 0 Å². The molecule has 0 spiro atoms. The van der Waals surface area contributed by atoms with Crippen molar-refractivity contribution in [2.45, 2.75) is 44.7 Å². The van der Waals surface area contributed by atoms with Crippen LogP contribution in [0.15, 0.2) is 18.2 Å². The van der Waals surface area contributed by atoms with Crippen LogP contribution in [-0.2, 0) is 0 Å². The molecule has 1 aromatic carbocycles. The van der Waals surface area contributed by atoms with Gasteiger partial charge in [-0.3, -0.25) is 0 Å². The molecule has 0 saturated heterocycles. The third-order valence-corrected chi connectivity index (χ3v) is 3.56. The summed E-state index contributed by atoms with van der Waals surface area (Å²) in [7, 11) is 0. The Morgan fingerprint density at radius 2 is 2.22 bits per heavy atom. The highest BCUT2D eigenvalue weighted by Crippen LogP contribution is 2.24. The lowest BCUT2D eigenvalue weighted by Gasteiger charge is -2.28. The number of carboxylic acids is 1. The molecule has 1 aliphatic carbocycles. The monoisotopic (exact) mass is 248 g/mol. The standard InChI is InChI=1S/C14H20N2O2/c1-9-5-6-10(14(17)18)7-13(9)16-12-4-2-3-11(15)8-12/h5-7,11-12,16H,2-4,8,15H2,1H3,(H,17,18). The highest BCUT2D eigenvalue weighted by Gasteiger charge is 2.19. The van der Waals surface area contributed by atoms with Gasteiger partial charge in [-0.15, -0.1) is 0 Å². The van der Waals surface area contributed by atoms with Crippen LogP contribution in [0.4, 0.5) is 5.69 Å². The van der Waals surface area contributed by atoms with Gasteiger partial charge in [-0.2, -0.15) is 0 Å². The number of aromatic carboxylic acids is 1. The fourth-order valence-electron chi connectivity index (χ4n) is 2.49. The Morgan fingerprint density at radius 1 is 1.44 bits per heavy atom. The van der Waals surface area contributed by atoms with Crippen LogP contribution in [0.1, 0.15) is 41.6 Å². The first kappa shape index (κ1) is 12.9. The number of carboxylic acid groups (broad SMARTS) is 1. The Labute approximate surface area is 107 Å². The van der Waals surface area contributed by atoms with Crippen molar-refractivity contribution < 1.29 is 9.90 Å². The molecule has 0 radical (unpaired) electrons. The van der Waals surface area contributed by atoms with Gasteiger partial charge in [0, 0.05) is 17.8 Å². The minimum Gasteiger partial charge on any atom is -0.478 e. The SMILES string of the molecule is Cc1ccc(C(=O)O)cc1NC1CCCC(N)C1. The molecule has 18 heavy (non-hydrogen) atoms. The predicted octanol–water partition coefficient (Wildman–Crippen LogP) is 2.38. The molecular weight excluding hydrogens is 228 g/mol. The van der Waals surface area contributed by atoms with E-state index >= 15 is 0 Å². The molecule has 2 atom stereocenters. The zero-order chi connectivity index (χ0) is 13.1. The van der Waals surface area contributed by atoms with Crippen LogP contribution in [0.3, 0.4) is 0 Å². The number of benzene rings is 1. The summed E-state index contributed by atoms with van der Waals surface area (Å²) < 4.78 is 0. The maximum Gasteiger partial charge on any atom is 0.335 e. The van der Waals surface area contributed by atoms with Crippen LogP contribution in [0, 0.1) is 6.92 Å². The van der Waals surface area contributed by atoms with Gasteiger partial charge >= 0.3 is 5.97 Å². The van der Waals surface area contributed by atoms with Crippen molar-refractivity contribution in [3.8, 4) is 0 Å². The number of nitrogens with two attached hydrogens (primary N) is 1. The van der Waals surface area contributed by atoms with E-state index in [-0.39, 0.29) is 6.04 Å². The first-order valence-electron chi connectivity index (χ1n) is 6.42. The molecule has 4 N–H and O–H groups in total. The quantitative estimate of drug-likeness (QED) is 0.767. The van der Waals surface area contributed by atoms with Crippen molar-refractivity contribution in [2.75, 3.05) is 5.32 Å². The fraction of sp³-hybridized carbons (Fsp3) is 0.500. The number of nitrogens with one attached hydrogen (secondary N) is 1. The molecule has 0 heterocycles. The minimum atomic E-state index is -0.890. The maximum atomic E-state index is 11.0. The summed E-state index contributed by atoms with van der Waals surface area (Å²) >= 11 is 0. The zero-order valence-corrected chi connectivity index (χ0v) is 10.6. The molecule has 2 unspecified atom stereocenters. The molecule has 98 valence electrons. The molecule has 1 aliphatic rings. The number of hydrogen-bond acceptors (Lipinski definition) is 3. The van der Waals surface area contributed by atoms with Gasteiger partial charge in [0.25, 0.3) is 0 Å². The van der Waals surface area contributed by atoms with Crippen LogP contribution < -0.4 is 11.1 Å². The van der Waals surface area contributed by atoms with Crippen molar-refractivity contribution in [1.82, 2.24) is 0 Å². The van der Waals surface area contributed by atoms with Gasteiger partial charge in [0.05, 0.1) is 5.56 Å². The summed E-state index contributed by atoms with van der Waals surface area (Å²) in [6, 6.07) is 5.80. The highest BCUT2D eigenvalue weighted by atomic mass is 16.4. The molecule has 0 aromatic heterocycles. The Morgan fingerprint density at radius 3 is 2.89 bits per heavy atom. The van der Waals surface area contributed by atoms with Crippen molar-refractivity contribution in [1.29, 1.82) is 0 Å². The van der Waals surface area contributed by atoms with Gasteiger partial charge in [-0.25, -0.2) is 4.79 Å². The number of anilines is 1. The average molecular weight is 248 g/mol. The van der Waals surface area contributed by atoms with E-state index in [1.165, 1.54) is 0 Å². The lowest BCUT2D eigenvalue weighted by Crippen LogP contribution is -2.35. The lowest BCUT2D eigenvalue weighted by molar-refractivity contribution is 0.0697. The number of carbonyl (C=O) groups is 1. The molecule has 2 rings (SSSR count). The number of hydrogen-bond donors (Lipinski definition) is 3. The average Bonchev–Trinajstić information content (AvgIpc) is 2.31. The van der Waals surface area contributed by atoms with E-state index in [9.17, 15) is 4.79 Å². The van der Waals surface area contributed by atoms with Gasteiger partial charge in [-0.05, 0) is 50.3 Å². The smallest absolute Gasteiger partial charge is 0.335 e. The maximum absolute atomic E-state index is 11.0. The van der Waals surface area contributed by atoms with Gasteiger partial charge in [-0.1, -0.05) is 6.07 Å². The molecule has 0 amide bonds. The first-order valence-corrected chi connectivity index (χ1v) is 6.42. The second-order valence-corrected chi connectivity index (χ2v) is 5.10. The number of rotatable bonds is 3. The van der Waals surface area contributed by atoms with Crippen LogP contribution in [0.25, 0.3) is 0 Å². The van der Waals surface area contributed by atoms with E-state index in [0.717, 1.165) is 36.9 Å². The van der Waals surface area contributed by atoms with E-state index in [0.29, 0.717) is 11.6 Å². The van der Waals surface area contributed by atoms with Crippen molar-refractivity contribution in [2.24, 2.45) is 5.73 Å². The Kier molecular flexibility index (Phi) is 3.87. The molecule has 0 bridgehead atoms. The summed E-state index contributed by atoms with van der Waals surface area (Å²) in [6.07, 6.45) is 4.28. The second kappa shape index (κ2) is 5.40. The third kappa shape index (κ3) is 3.01. The van der Waals surface area contributed by atoms with E-state index < -0.39 is 5.97 Å². The van der Waals surface area contributed by atoms with Gasteiger partial charge < -0.3 is 16.2 Å². The van der Waals surface area contributed by atoms with E-state index in [2.05, 4.69) is 5.32 Å². The number of aryl methyl sites for hydroxylation is 1. The topological polar surface area (TPSA) is 75.3 Å². The van der Waals surface area contributed by atoms with Crippen molar-refractivity contribution in [3.05, 3.63) is 29.3 Å². The second-order valence-electron chi connectivity index (χ2n) is 5.10. The van der Waals surface area contributed by atoms with Crippen LogP contribution >= 0.6 is 0 Å². The minimum absolute atomic E-state index is 0.263. The summed E-state index contributed by atoms with van der Waals surface area (Å²) in [4.78, 5) is 11.0. The Bertz CT molecular complexity index is 445. The first-order chi connectivity index (χ1) is 8.56. The molecule has 1 aromatic rings. The summed E-state index contributed by atoms with van der Waals surface area (Å²) in [5, 5.41) is 12.4. The Hall–Kier alpha value is -1.55. The van der Waals surface area contributed by atoms with E-state index in [4.69, 9.17) is 10.8 Å². The molecule has 1 fully saturated rings. The van der Waals surface area contributed by atoms with E-state index in [1.54, 1.807) is 12.1 Å². The predicted molar refractivity (Wildman–Crippen MR) is 72.0 cm³/mol. The fourth-order valence-corrected chi connectivity index (χ4v) is 2.49. The third-order valence-electron chi connectivity index (χ3n) is 3.56. The van der Waals surface area contributed by atoms with Gasteiger partial charge in [0.2, 0.25) is 0 Å². The van der Waals surface area contributed by atoms with E-state index in [1.807, 2.05) is 13.0 Å². The molecular formula is C14H20N2O2. The molecule has 4 heteroatoms. The lowest BCUT2D eigenvalue weighted by atomic mass is 9.91. The highest BCUT2D eigenvalue weighted by molar-refractivity contribution is 5.89. The molecule has 1 saturated carbocycles. The summed E-state index contributed by atoms with van der Waals surface area (Å²) in [6.45, 7) is 1.98.